The summed E-state index contributed by atoms with van der Waals surface area (Å²) in [5, 5.41) is 3.96. The predicted molar refractivity (Wildman–Crippen MR) is 86.7 cm³/mol. The van der Waals surface area contributed by atoms with Gasteiger partial charge in [-0.2, -0.15) is 4.98 Å². The van der Waals surface area contributed by atoms with Crippen LogP contribution in [0.4, 0.5) is 0 Å². The molecule has 0 aliphatic rings. The number of hydrogen-bond acceptors (Lipinski definition) is 5. The summed E-state index contributed by atoms with van der Waals surface area (Å²) in [6, 6.07) is 9.49. The van der Waals surface area contributed by atoms with Crippen LogP contribution < -0.4 is 0 Å². The Morgan fingerprint density at radius 3 is 2.87 bits per heavy atom. The van der Waals surface area contributed by atoms with Crippen molar-refractivity contribution >= 4 is 21.8 Å². The van der Waals surface area contributed by atoms with Gasteiger partial charge in [0.05, 0.1) is 10.7 Å². The van der Waals surface area contributed by atoms with Crippen LogP contribution >= 0.6 is 15.9 Å². The van der Waals surface area contributed by atoms with Gasteiger partial charge >= 0.3 is 0 Å². The number of benzene rings is 1. The van der Waals surface area contributed by atoms with E-state index in [9.17, 15) is 4.79 Å². The fraction of sp³-hybridized carbons (Fsp3) is 0.188. The standard InChI is InChI=1S/C16H14BrN3O3/c1-10-4-3-5-11(8-10)15-18-13(23-19-15)9-20(2)16(21)14-12(17)6-7-22-14/h3-8H,9H2,1-2H3. The molecule has 3 rings (SSSR count). The number of carbonyl (C=O) groups excluding carboxylic acids is 1. The number of amides is 1. The molecule has 7 heteroatoms. The summed E-state index contributed by atoms with van der Waals surface area (Å²) in [6.45, 7) is 2.20. The average Bonchev–Trinajstić information content (AvgIpc) is 3.15. The molecule has 0 saturated heterocycles. The number of aromatic nitrogens is 2. The molecule has 0 unspecified atom stereocenters. The minimum atomic E-state index is -0.266. The lowest BCUT2D eigenvalue weighted by molar-refractivity contribution is 0.0736. The maximum atomic E-state index is 12.3. The summed E-state index contributed by atoms with van der Waals surface area (Å²) in [4.78, 5) is 18.1. The van der Waals surface area contributed by atoms with Gasteiger partial charge in [-0.15, -0.1) is 0 Å². The molecule has 23 heavy (non-hydrogen) atoms. The zero-order chi connectivity index (χ0) is 16.4. The second kappa shape index (κ2) is 6.37. The first-order chi connectivity index (χ1) is 11.0. The Morgan fingerprint density at radius 1 is 1.35 bits per heavy atom. The molecule has 0 N–H and O–H groups in total. The predicted octanol–water partition coefficient (Wildman–Crippen LogP) is 3.67. The van der Waals surface area contributed by atoms with Crippen molar-refractivity contribution in [3.8, 4) is 11.4 Å². The van der Waals surface area contributed by atoms with E-state index in [-0.39, 0.29) is 18.2 Å². The van der Waals surface area contributed by atoms with E-state index in [1.165, 1.54) is 11.2 Å². The molecule has 0 spiro atoms. The first kappa shape index (κ1) is 15.5. The third kappa shape index (κ3) is 3.34. The molecular weight excluding hydrogens is 362 g/mol. The number of aryl methyl sites for hydroxylation is 1. The number of hydrogen-bond donors (Lipinski definition) is 0. The quantitative estimate of drug-likeness (QED) is 0.695. The maximum Gasteiger partial charge on any atom is 0.290 e. The summed E-state index contributed by atoms with van der Waals surface area (Å²) in [5.74, 6) is 0.840. The van der Waals surface area contributed by atoms with Crippen LogP contribution in [-0.4, -0.2) is 28.0 Å². The van der Waals surface area contributed by atoms with Crippen LogP contribution in [0.25, 0.3) is 11.4 Å². The Labute approximate surface area is 141 Å². The van der Waals surface area contributed by atoms with Gasteiger partial charge in [-0.25, -0.2) is 0 Å². The Morgan fingerprint density at radius 2 is 2.17 bits per heavy atom. The minimum Gasteiger partial charge on any atom is -0.458 e. The summed E-state index contributed by atoms with van der Waals surface area (Å²) in [5.41, 5.74) is 1.99. The van der Waals surface area contributed by atoms with Crippen molar-refractivity contribution in [3.63, 3.8) is 0 Å². The zero-order valence-electron chi connectivity index (χ0n) is 12.6. The minimum absolute atomic E-state index is 0.199. The zero-order valence-corrected chi connectivity index (χ0v) is 14.2. The fourth-order valence-electron chi connectivity index (χ4n) is 2.11. The van der Waals surface area contributed by atoms with Gasteiger partial charge in [-0.1, -0.05) is 28.9 Å². The summed E-state index contributed by atoms with van der Waals surface area (Å²) in [6.07, 6.45) is 1.45. The van der Waals surface area contributed by atoms with Gasteiger partial charge in [-0.3, -0.25) is 4.79 Å². The molecule has 0 atom stereocenters. The Bertz CT molecular complexity index is 840. The van der Waals surface area contributed by atoms with Gasteiger partial charge in [-0.05, 0) is 35.0 Å². The number of carbonyl (C=O) groups is 1. The van der Waals surface area contributed by atoms with Crippen molar-refractivity contribution in [1.82, 2.24) is 15.0 Å². The average molecular weight is 376 g/mol. The van der Waals surface area contributed by atoms with Crippen molar-refractivity contribution < 1.29 is 13.7 Å². The highest BCUT2D eigenvalue weighted by Gasteiger charge is 2.20. The highest BCUT2D eigenvalue weighted by atomic mass is 79.9. The van der Waals surface area contributed by atoms with Gasteiger partial charge in [0.1, 0.15) is 6.54 Å². The first-order valence-corrected chi connectivity index (χ1v) is 7.72. The summed E-state index contributed by atoms with van der Waals surface area (Å²) < 4.78 is 11.0. The number of rotatable bonds is 4. The lowest BCUT2D eigenvalue weighted by atomic mass is 10.1. The van der Waals surface area contributed by atoms with E-state index in [0.717, 1.165) is 11.1 Å². The molecule has 6 nitrogen and oxygen atoms in total. The van der Waals surface area contributed by atoms with Crippen LogP contribution in [0.1, 0.15) is 22.0 Å². The fourth-order valence-corrected chi connectivity index (χ4v) is 2.49. The lowest BCUT2D eigenvalue weighted by Gasteiger charge is -2.12. The van der Waals surface area contributed by atoms with Crippen LogP contribution in [0.5, 0.6) is 0 Å². The van der Waals surface area contributed by atoms with Crippen LogP contribution in [0.3, 0.4) is 0 Å². The highest BCUT2D eigenvalue weighted by molar-refractivity contribution is 9.10. The third-order valence-electron chi connectivity index (χ3n) is 3.27. The Kier molecular flexibility index (Phi) is 4.29. The molecule has 2 aromatic heterocycles. The van der Waals surface area contributed by atoms with E-state index >= 15 is 0 Å². The van der Waals surface area contributed by atoms with E-state index in [4.69, 9.17) is 8.94 Å². The van der Waals surface area contributed by atoms with Gasteiger partial charge in [0, 0.05) is 12.6 Å². The van der Waals surface area contributed by atoms with Crippen LogP contribution in [-0.2, 0) is 6.54 Å². The molecule has 3 aromatic rings. The topological polar surface area (TPSA) is 72.4 Å². The molecule has 0 aliphatic heterocycles. The molecule has 0 bridgehead atoms. The Hall–Kier alpha value is -2.41. The third-order valence-corrected chi connectivity index (χ3v) is 3.90. The van der Waals surface area contributed by atoms with Gasteiger partial charge in [0.25, 0.3) is 5.91 Å². The lowest BCUT2D eigenvalue weighted by Crippen LogP contribution is -2.26. The summed E-state index contributed by atoms with van der Waals surface area (Å²) in [7, 11) is 1.65. The molecule has 1 aromatic carbocycles. The van der Waals surface area contributed by atoms with Crippen LogP contribution in [0.2, 0.25) is 0 Å². The van der Waals surface area contributed by atoms with E-state index in [2.05, 4.69) is 26.1 Å². The summed E-state index contributed by atoms with van der Waals surface area (Å²) >= 11 is 3.27. The molecule has 1 amide bonds. The van der Waals surface area contributed by atoms with Crippen molar-refractivity contribution in [1.29, 1.82) is 0 Å². The maximum absolute atomic E-state index is 12.3. The van der Waals surface area contributed by atoms with E-state index in [1.807, 2.05) is 31.2 Å². The normalized spacial score (nSPS) is 10.7. The molecule has 0 saturated carbocycles. The first-order valence-electron chi connectivity index (χ1n) is 6.92. The molecular formula is C16H14BrN3O3. The molecule has 118 valence electrons. The van der Waals surface area contributed by atoms with Crippen molar-refractivity contribution in [2.75, 3.05) is 7.05 Å². The van der Waals surface area contributed by atoms with Crippen molar-refractivity contribution in [2.24, 2.45) is 0 Å². The largest absolute Gasteiger partial charge is 0.458 e. The van der Waals surface area contributed by atoms with Crippen LogP contribution in [0, 0.1) is 6.92 Å². The van der Waals surface area contributed by atoms with E-state index < -0.39 is 0 Å². The van der Waals surface area contributed by atoms with Crippen molar-refractivity contribution in [3.05, 3.63) is 58.3 Å². The smallest absolute Gasteiger partial charge is 0.290 e. The molecule has 2 heterocycles. The molecule has 0 fully saturated rings. The number of nitrogens with zero attached hydrogens (tertiary/aromatic N) is 3. The number of halogens is 1. The van der Waals surface area contributed by atoms with Gasteiger partial charge in [0.15, 0.2) is 0 Å². The van der Waals surface area contributed by atoms with Gasteiger partial charge in [0.2, 0.25) is 17.5 Å². The van der Waals surface area contributed by atoms with E-state index in [0.29, 0.717) is 16.2 Å². The molecule has 0 radical (unpaired) electrons. The van der Waals surface area contributed by atoms with Crippen molar-refractivity contribution in [2.45, 2.75) is 13.5 Å². The van der Waals surface area contributed by atoms with Gasteiger partial charge < -0.3 is 13.8 Å². The Balaban J connectivity index is 1.74. The highest BCUT2D eigenvalue weighted by Crippen LogP contribution is 2.21. The second-order valence-corrected chi connectivity index (χ2v) is 5.99. The van der Waals surface area contributed by atoms with Crippen LogP contribution in [0.15, 0.2) is 50.0 Å². The number of furan rings is 1. The SMILES string of the molecule is Cc1cccc(-c2noc(CN(C)C(=O)c3occc3Br)n2)c1. The monoisotopic (exact) mass is 375 g/mol. The second-order valence-electron chi connectivity index (χ2n) is 5.14. The van der Waals surface area contributed by atoms with E-state index in [1.54, 1.807) is 13.1 Å². The molecule has 0 aliphatic carbocycles.